The Hall–Kier alpha value is -3.00. The van der Waals surface area contributed by atoms with E-state index in [-0.39, 0.29) is 17.8 Å². The molecule has 1 fully saturated rings. The number of thiocarbonyl (C=S) groups is 1. The van der Waals surface area contributed by atoms with Crippen LogP contribution >= 0.6 is 35.6 Å². The van der Waals surface area contributed by atoms with Crippen LogP contribution in [0.4, 0.5) is 5.69 Å². The minimum atomic E-state index is -0.371. The molecule has 2 N–H and O–H groups in total. The highest BCUT2D eigenvalue weighted by molar-refractivity contribution is 7.99. The lowest BCUT2D eigenvalue weighted by atomic mass is 10.0. The first-order valence-corrected chi connectivity index (χ1v) is 11.9. The lowest BCUT2D eigenvalue weighted by Gasteiger charge is -2.26. The predicted molar refractivity (Wildman–Crippen MR) is 135 cm³/mol. The van der Waals surface area contributed by atoms with Gasteiger partial charge in [0, 0.05) is 16.1 Å². The molecule has 2 aromatic carbocycles. The number of aromatic nitrogens is 1. The number of hydrogen-bond acceptors (Lipinski definition) is 5. The fraction of sp³-hybridized carbons (Fsp3) is 0.120. The summed E-state index contributed by atoms with van der Waals surface area (Å²) in [4.78, 5) is 7.47. The van der Waals surface area contributed by atoms with Gasteiger partial charge in [0.2, 0.25) is 0 Å². The summed E-state index contributed by atoms with van der Waals surface area (Å²) in [6.07, 6.45) is 1.75. The quantitative estimate of drug-likeness (QED) is 0.301. The van der Waals surface area contributed by atoms with Crippen molar-refractivity contribution in [2.75, 3.05) is 4.90 Å². The van der Waals surface area contributed by atoms with E-state index in [2.05, 4.69) is 41.5 Å². The number of hydrogen-bond donors (Lipinski definition) is 2. The van der Waals surface area contributed by atoms with Gasteiger partial charge in [-0.1, -0.05) is 47.1 Å². The highest BCUT2D eigenvalue weighted by Crippen LogP contribution is 2.46. The van der Waals surface area contributed by atoms with Gasteiger partial charge in [-0.2, -0.15) is 0 Å². The fourth-order valence-corrected chi connectivity index (χ4v) is 5.15. The number of aryl methyl sites for hydroxylation is 1. The molecule has 1 aliphatic rings. The largest absolute Gasteiger partial charge is 0.506 e. The number of anilines is 1. The maximum absolute atomic E-state index is 10.6. The highest BCUT2D eigenvalue weighted by Gasteiger charge is 2.43. The maximum atomic E-state index is 10.6. The average Bonchev–Trinajstić information content (AvgIpc) is 3.41. The number of rotatable bonds is 5. The van der Waals surface area contributed by atoms with Gasteiger partial charge < -0.3 is 19.7 Å². The van der Waals surface area contributed by atoms with Crippen molar-refractivity contribution < 1.29 is 9.52 Å². The summed E-state index contributed by atoms with van der Waals surface area (Å²) >= 11 is 13.5. The number of pyridine rings is 1. The van der Waals surface area contributed by atoms with E-state index < -0.39 is 0 Å². The number of phenolic OH excluding ortho intramolecular Hbond substituents is 1. The molecule has 8 heteroatoms. The minimum Gasteiger partial charge on any atom is -0.506 e. The van der Waals surface area contributed by atoms with Gasteiger partial charge in [-0.3, -0.25) is 4.98 Å². The van der Waals surface area contributed by atoms with E-state index in [9.17, 15) is 5.11 Å². The number of aromatic hydroxyl groups is 1. The summed E-state index contributed by atoms with van der Waals surface area (Å²) in [6, 6.07) is 22.2. The monoisotopic (exact) mass is 493 g/mol. The standard InChI is InChI=1S/C25H20ClN3O2S2/c1-15-5-8-17(9-6-15)33-22-12-11-21(31-22)24-23(18-4-2-3-13-27-18)28-25(32)29(24)19-14-16(26)7-10-20(19)30/h2-14,23-24,30H,1H3,(H,28,32)/t23-,24-/m1/s1. The lowest BCUT2D eigenvalue weighted by Crippen LogP contribution is -2.29. The zero-order valence-corrected chi connectivity index (χ0v) is 20.0. The molecular formula is C25H20ClN3O2S2. The van der Waals surface area contributed by atoms with Crippen molar-refractivity contribution in [3.63, 3.8) is 0 Å². The van der Waals surface area contributed by atoms with E-state index in [1.165, 1.54) is 5.56 Å². The van der Waals surface area contributed by atoms with E-state index in [4.69, 9.17) is 28.2 Å². The summed E-state index contributed by atoms with van der Waals surface area (Å²) < 4.78 is 6.30. The third-order valence-electron chi connectivity index (χ3n) is 5.43. The zero-order valence-electron chi connectivity index (χ0n) is 17.6. The van der Waals surface area contributed by atoms with Crippen LogP contribution in [0.5, 0.6) is 5.75 Å². The van der Waals surface area contributed by atoms with Crippen LogP contribution in [0, 0.1) is 6.92 Å². The van der Waals surface area contributed by atoms with E-state index in [1.807, 2.05) is 35.2 Å². The number of halogens is 1. The van der Waals surface area contributed by atoms with Crippen molar-refractivity contribution in [2.24, 2.45) is 0 Å². The molecule has 2 atom stereocenters. The molecule has 1 saturated heterocycles. The highest BCUT2D eigenvalue weighted by atomic mass is 35.5. The summed E-state index contributed by atoms with van der Waals surface area (Å²) in [5.74, 6) is 0.781. The third-order valence-corrected chi connectivity index (χ3v) is 6.91. The van der Waals surface area contributed by atoms with Gasteiger partial charge in [-0.05, 0) is 73.7 Å². The number of benzene rings is 2. The molecule has 4 aromatic rings. The molecule has 5 rings (SSSR count). The Kier molecular flexibility index (Phi) is 6.01. The summed E-state index contributed by atoms with van der Waals surface area (Å²) in [7, 11) is 0. The van der Waals surface area contributed by atoms with Gasteiger partial charge in [-0.15, -0.1) is 0 Å². The summed E-state index contributed by atoms with van der Waals surface area (Å²) in [5, 5.41) is 15.7. The van der Waals surface area contributed by atoms with Crippen molar-refractivity contribution >= 4 is 46.4 Å². The van der Waals surface area contributed by atoms with Crippen LogP contribution in [-0.4, -0.2) is 15.2 Å². The molecule has 5 nitrogen and oxygen atoms in total. The Balaban J connectivity index is 1.55. The van der Waals surface area contributed by atoms with Crippen LogP contribution in [0.25, 0.3) is 0 Å². The van der Waals surface area contributed by atoms with E-state index in [0.717, 1.165) is 15.7 Å². The Morgan fingerprint density at radius 1 is 1.09 bits per heavy atom. The Morgan fingerprint density at radius 3 is 2.67 bits per heavy atom. The van der Waals surface area contributed by atoms with E-state index in [0.29, 0.717) is 21.6 Å². The van der Waals surface area contributed by atoms with Crippen LogP contribution in [-0.2, 0) is 0 Å². The van der Waals surface area contributed by atoms with Crippen LogP contribution < -0.4 is 10.2 Å². The second-order valence-electron chi connectivity index (χ2n) is 7.70. The zero-order chi connectivity index (χ0) is 22.9. The number of furan rings is 1. The molecule has 1 aliphatic heterocycles. The van der Waals surface area contributed by atoms with Crippen molar-refractivity contribution in [2.45, 2.75) is 29.0 Å². The van der Waals surface area contributed by atoms with Crippen molar-refractivity contribution in [1.82, 2.24) is 10.3 Å². The predicted octanol–water partition coefficient (Wildman–Crippen LogP) is 6.67. The fourth-order valence-electron chi connectivity index (χ4n) is 3.86. The van der Waals surface area contributed by atoms with E-state index in [1.54, 1.807) is 36.2 Å². The SMILES string of the molecule is Cc1ccc(Sc2ccc([C@@H]3[C@@H](c4ccccn4)NC(=S)N3c3cc(Cl)ccc3O)o2)cc1. The second kappa shape index (κ2) is 9.09. The van der Waals surface area contributed by atoms with Gasteiger partial charge in [-0.25, -0.2) is 0 Å². The minimum absolute atomic E-state index is 0.0797. The van der Waals surface area contributed by atoms with Gasteiger partial charge >= 0.3 is 0 Å². The number of nitrogens with zero attached hydrogens (tertiary/aromatic N) is 2. The Morgan fingerprint density at radius 2 is 1.91 bits per heavy atom. The normalized spacial score (nSPS) is 17.9. The maximum Gasteiger partial charge on any atom is 0.174 e. The van der Waals surface area contributed by atoms with Gasteiger partial charge in [0.05, 0.1) is 17.4 Å². The van der Waals surface area contributed by atoms with Gasteiger partial charge in [0.15, 0.2) is 10.2 Å². The molecule has 3 heterocycles. The summed E-state index contributed by atoms with van der Waals surface area (Å²) in [5.41, 5.74) is 2.53. The topological polar surface area (TPSA) is 61.5 Å². The lowest BCUT2D eigenvalue weighted by molar-refractivity contribution is 0.382. The molecule has 0 spiro atoms. The molecule has 0 aliphatic carbocycles. The number of nitrogens with one attached hydrogen (secondary N) is 1. The van der Waals surface area contributed by atoms with Crippen molar-refractivity contribution in [1.29, 1.82) is 0 Å². The van der Waals surface area contributed by atoms with Crippen LogP contribution in [0.2, 0.25) is 5.02 Å². The average molecular weight is 494 g/mol. The molecule has 0 radical (unpaired) electrons. The van der Waals surface area contributed by atoms with Gasteiger partial charge in [0.25, 0.3) is 0 Å². The first-order valence-electron chi connectivity index (χ1n) is 10.3. The molecule has 166 valence electrons. The molecule has 2 aromatic heterocycles. The van der Waals surface area contributed by atoms with E-state index >= 15 is 0 Å². The molecule has 0 unspecified atom stereocenters. The molecule has 0 saturated carbocycles. The Labute approximate surface area is 206 Å². The third kappa shape index (κ3) is 4.44. The van der Waals surface area contributed by atoms with Crippen molar-refractivity contribution in [3.05, 3.63) is 101 Å². The first kappa shape index (κ1) is 21.8. The number of phenols is 1. The first-order chi connectivity index (χ1) is 16.0. The van der Waals surface area contributed by atoms with Crippen LogP contribution in [0.1, 0.15) is 29.1 Å². The van der Waals surface area contributed by atoms with Crippen LogP contribution in [0.15, 0.2) is 93.4 Å². The summed E-state index contributed by atoms with van der Waals surface area (Å²) in [6.45, 7) is 2.06. The van der Waals surface area contributed by atoms with Gasteiger partial charge in [0.1, 0.15) is 17.6 Å². The molecule has 0 amide bonds. The second-order valence-corrected chi connectivity index (χ2v) is 9.60. The van der Waals surface area contributed by atoms with Crippen molar-refractivity contribution in [3.8, 4) is 5.75 Å². The smallest absolute Gasteiger partial charge is 0.174 e. The van der Waals surface area contributed by atoms with Crippen LogP contribution in [0.3, 0.4) is 0 Å². The molecular weight excluding hydrogens is 474 g/mol. The Bertz CT molecular complexity index is 1290. The molecule has 0 bridgehead atoms. The molecule has 33 heavy (non-hydrogen) atoms.